The van der Waals surface area contributed by atoms with Crippen molar-refractivity contribution in [3.05, 3.63) is 33.8 Å². The standard InChI is InChI=1S/C15H20BrNO3/c1-9-7-6-8-10(11(9)16)12(18)17-15(4,5)14(2,3)13(19)20/h6-8H,1-5H3,(H,17,18)(H,19,20). The quantitative estimate of drug-likeness (QED) is 0.882. The minimum Gasteiger partial charge on any atom is -0.481 e. The Morgan fingerprint density at radius 2 is 1.75 bits per heavy atom. The van der Waals surface area contributed by atoms with Gasteiger partial charge < -0.3 is 10.4 Å². The van der Waals surface area contributed by atoms with Crippen LogP contribution in [0.25, 0.3) is 0 Å². The molecule has 4 nitrogen and oxygen atoms in total. The number of carbonyl (C=O) groups excluding carboxylic acids is 1. The number of amides is 1. The van der Waals surface area contributed by atoms with Crippen LogP contribution in [0.5, 0.6) is 0 Å². The maximum absolute atomic E-state index is 12.4. The molecule has 0 heterocycles. The van der Waals surface area contributed by atoms with Crippen LogP contribution in [0, 0.1) is 12.3 Å². The molecule has 1 aromatic carbocycles. The van der Waals surface area contributed by atoms with Crippen LogP contribution >= 0.6 is 15.9 Å². The summed E-state index contributed by atoms with van der Waals surface area (Å²) in [5, 5.41) is 12.1. The average Bonchev–Trinajstić information content (AvgIpc) is 2.31. The van der Waals surface area contributed by atoms with E-state index in [1.165, 1.54) is 0 Å². The van der Waals surface area contributed by atoms with Gasteiger partial charge in [0.25, 0.3) is 5.91 Å². The zero-order valence-electron chi connectivity index (χ0n) is 12.4. The van der Waals surface area contributed by atoms with Gasteiger partial charge in [0.1, 0.15) is 0 Å². The van der Waals surface area contributed by atoms with Crippen LogP contribution in [-0.2, 0) is 4.79 Å². The Labute approximate surface area is 127 Å². The van der Waals surface area contributed by atoms with Crippen LogP contribution in [0.3, 0.4) is 0 Å². The maximum Gasteiger partial charge on any atom is 0.311 e. The molecule has 0 saturated carbocycles. The Balaban J connectivity index is 3.07. The Hall–Kier alpha value is -1.36. The number of rotatable bonds is 4. The van der Waals surface area contributed by atoms with Crippen LogP contribution in [0.2, 0.25) is 0 Å². The number of carboxylic acid groups (broad SMARTS) is 1. The summed E-state index contributed by atoms with van der Waals surface area (Å²) < 4.78 is 0.724. The van der Waals surface area contributed by atoms with Crippen molar-refractivity contribution in [2.75, 3.05) is 0 Å². The molecule has 0 bridgehead atoms. The number of carbonyl (C=O) groups is 2. The molecule has 1 amide bonds. The van der Waals surface area contributed by atoms with Gasteiger partial charge in [-0.25, -0.2) is 0 Å². The zero-order valence-corrected chi connectivity index (χ0v) is 14.0. The third-order valence-corrected chi connectivity index (χ3v) is 5.01. The summed E-state index contributed by atoms with van der Waals surface area (Å²) in [6.07, 6.45) is 0. The van der Waals surface area contributed by atoms with E-state index < -0.39 is 16.9 Å². The molecule has 110 valence electrons. The Morgan fingerprint density at radius 1 is 1.20 bits per heavy atom. The van der Waals surface area contributed by atoms with Gasteiger partial charge in [-0.1, -0.05) is 12.1 Å². The largest absolute Gasteiger partial charge is 0.481 e. The lowest BCUT2D eigenvalue weighted by Crippen LogP contribution is -2.57. The van der Waals surface area contributed by atoms with Gasteiger partial charge in [-0.2, -0.15) is 0 Å². The van der Waals surface area contributed by atoms with E-state index in [1.807, 2.05) is 13.0 Å². The van der Waals surface area contributed by atoms with E-state index >= 15 is 0 Å². The van der Waals surface area contributed by atoms with Crippen molar-refractivity contribution in [2.24, 2.45) is 5.41 Å². The van der Waals surface area contributed by atoms with E-state index in [9.17, 15) is 14.7 Å². The highest BCUT2D eigenvalue weighted by Gasteiger charge is 2.44. The number of carboxylic acids is 1. The molecule has 0 atom stereocenters. The maximum atomic E-state index is 12.4. The molecular formula is C15H20BrNO3. The molecule has 0 radical (unpaired) electrons. The summed E-state index contributed by atoms with van der Waals surface area (Å²) in [5.74, 6) is -1.24. The third-order valence-electron chi connectivity index (χ3n) is 3.96. The smallest absolute Gasteiger partial charge is 0.311 e. The van der Waals surface area contributed by atoms with E-state index in [-0.39, 0.29) is 5.91 Å². The number of aliphatic carboxylic acids is 1. The van der Waals surface area contributed by atoms with Gasteiger partial charge in [0, 0.05) is 4.47 Å². The number of benzene rings is 1. The normalized spacial score (nSPS) is 12.1. The lowest BCUT2D eigenvalue weighted by molar-refractivity contribution is -0.150. The highest BCUT2D eigenvalue weighted by molar-refractivity contribution is 9.10. The predicted molar refractivity (Wildman–Crippen MR) is 81.8 cm³/mol. The molecule has 5 heteroatoms. The molecule has 0 unspecified atom stereocenters. The first-order valence-corrected chi connectivity index (χ1v) is 7.11. The molecule has 0 saturated heterocycles. The molecule has 0 spiro atoms. The Kier molecular flexibility index (Phi) is 4.64. The van der Waals surface area contributed by atoms with E-state index in [0.717, 1.165) is 10.0 Å². The van der Waals surface area contributed by atoms with Gasteiger partial charge in [-0.05, 0) is 62.2 Å². The second-order valence-electron chi connectivity index (χ2n) is 5.95. The first-order chi connectivity index (χ1) is 9.00. The first kappa shape index (κ1) is 16.7. The lowest BCUT2D eigenvalue weighted by Gasteiger charge is -2.38. The minimum atomic E-state index is -1.08. The van der Waals surface area contributed by atoms with Gasteiger partial charge in [-0.3, -0.25) is 9.59 Å². The highest BCUT2D eigenvalue weighted by atomic mass is 79.9. The molecule has 2 N–H and O–H groups in total. The second-order valence-corrected chi connectivity index (χ2v) is 6.74. The van der Waals surface area contributed by atoms with Crippen LogP contribution in [0.1, 0.15) is 43.6 Å². The van der Waals surface area contributed by atoms with E-state index in [1.54, 1.807) is 39.8 Å². The predicted octanol–water partition coefficient (Wildman–Crippen LogP) is 3.38. The number of aryl methyl sites for hydroxylation is 1. The fourth-order valence-electron chi connectivity index (χ4n) is 1.60. The molecule has 1 rings (SSSR count). The van der Waals surface area contributed by atoms with Crippen molar-refractivity contribution >= 4 is 27.8 Å². The number of nitrogens with one attached hydrogen (secondary N) is 1. The molecule has 1 aromatic rings. The molecule has 0 aromatic heterocycles. The van der Waals surface area contributed by atoms with Crippen LogP contribution in [0.15, 0.2) is 22.7 Å². The Bertz CT molecular complexity index is 550. The minimum absolute atomic E-state index is 0.292. The van der Waals surface area contributed by atoms with Crippen molar-refractivity contribution in [2.45, 2.75) is 40.2 Å². The molecule has 0 aliphatic carbocycles. The van der Waals surface area contributed by atoms with Crippen molar-refractivity contribution in [1.29, 1.82) is 0 Å². The van der Waals surface area contributed by atoms with E-state index in [0.29, 0.717) is 5.56 Å². The van der Waals surface area contributed by atoms with Crippen molar-refractivity contribution in [1.82, 2.24) is 5.32 Å². The topological polar surface area (TPSA) is 66.4 Å². The second kappa shape index (κ2) is 5.56. The van der Waals surface area contributed by atoms with Crippen molar-refractivity contribution in [3.8, 4) is 0 Å². The fraction of sp³-hybridized carbons (Fsp3) is 0.467. The first-order valence-electron chi connectivity index (χ1n) is 6.31. The van der Waals surface area contributed by atoms with Crippen molar-refractivity contribution in [3.63, 3.8) is 0 Å². The van der Waals surface area contributed by atoms with Crippen LogP contribution < -0.4 is 5.32 Å². The average molecular weight is 342 g/mol. The van der Waals surface area contributed by atoms with E-state index in [2.05, 4.69) is 21.2 Å². The lowest BCUT2D eigenvalue weighted by atomic mass is 9.74. The number of halogens is 1. The van der Waals surface area contributed by atoms with Crippen LogP contribution in [0.4, 0.5) is 0 Å². The van der Waals surface area contributed by atoms with Gasteiger partial charge in [0.15, 0.2) is 0 Å². The molecule has 0 fully saturated rings. The number of hydrogen-bond donors (Lipinski definition) is 2. The zero-order chi connectivity index (χ0) is 15.7. The monoisotopic (exact) mass is 341 g/mol. The number of hydrogen-bond acceptors (Lipinski definition) is 2. The van der Waals surface area contributed by atoms with Gasteiger partial charge in [0.2, 0.25) is 0 Å². The van der Waals surface area contributed by atoms with E-state index in [4.69, 9.17) is 0 Å². The summed E-state index contributed by atoms with van der Waals surface area (Å²) in [4.78, 5) is 23.7. The summed E-state index contributed by atoms with van der Waals surface area (Å²) in [5.41, 5.74) is -0.523. The molecule has 20 heavy (non-hydrogen) atoms. The summed E-state index contributed by atoms with van der Waals surface area (Å²) in [6, 6.07) is 5.40. The third kappa shape index (κ3) is 3.03. The summed E-state index contributed by atoms with van der Waals surface area (Å²) >= 11 is 3.39. The SMILES string of the molecule is Cc1cccc(C(=O)NC(C)(C)C(C)(C)C(=O)O)c1Br. The van der Waals surface area contributed by atoms with Gasteiger partial charge >= 0.3 is 5.97 Å². The van der Waals surface area contributed by atoms with Gasteiger partial charge in [0.05, 0.1) is 16.5 Å². The van der Waals surface area contributed by atoms with Gasteiger partial charge in [-0.15, -0.1) is 0 Å². The highest BCUT2D eigenvalue weighted by Crippen LogP contribution is 2.31. The summed E-state index contributed by atoms with van der Waals surface area (Å²) in [7, 11) is 0. The molecule has 0 aliphatic heterocycles. The summed E-state index contributed by atoms with van der Waals surface area (Å²) in [6.45, 7) is 8.51. The fourth-order valence-corrected chi connectivity index (χ4v) is 2.04. The molecule has 0 aliphatic rings. The van der Waals surface area contributed by atoms with Crippen molar-refractivity contribution < 1.29 is 14.7 Å². The van der Waals surface area contributed by atoms with Crippen LogP contribution in [-0.4, -0.2) is 22.5 Å². The molecular weight excluding hydrogens is 322 g/mol. The Morgan fingerprint density at radius 3 is 2.25 bits per heavy atom.